The van der Waals surface area contributed by atoms with Crippen molar-refractivity contribution in [3.63, 3.8) is 0 Å². The smallest absolute Gasteiger partial charge is 0.173 e. The first kappa shape index (κ1) is 12.9. The highest BCUT2D eigenvalue weighted by Gasteiger charge is 2.08. The van der Waals surface area contributed by atoms with Crippen molar-refractivity contribution in [3.05, 3.63) is 59.7 Å². The van der Waals surface area contributed by atoms with E-state index in [-0.39, 0.29) is 12.4 Å². The molecule has 0 spiro atoms. The van der Waals surface area contributed by atoms with Gasteiger partial charge in [-0.2, -0.15) is 0 Å². The van der Waals surface area contributed by atoms with Crippen LogP contribution >= 0.6 is 0 Å². The zero-order valence-corrected chi connectivity index (χ0v) is 10.2. The number of para-hydroxylation sites is 1. The van der Waals surface area contributed by atoms with E-state index < -0.39 is 0 Å². The minimum absolute atomic E-state index is 0.0195. The molecule has 0 heterocycles. The highest BCUT2D eigenvalue weighted by molar-refractivity contribution is 5.99. The van der Waals surface area contributed by atoms with Crippen LogP contribution in [-0.4, -0.2) is 16.1 Å². The number of aliphatic hydroxyl groups is 1. The minimum atomic E-state index is -0.0565. The van der Waals surface area contributed by atoms with Crippen molar-refractivity contribution in [2.75, 3.05) is 0 Å². The van der Waals surface area contributed by atoms with Gasteiger partial charge in [-0.25, -0.2) is 0 Å². The van der Waals surface area contributed by atoms with Gasteiger partial charge in [-0.15, -0.1) is 0 Å². The normalized spacial score (nSPS) is 11.3. The second kappa shape index (κ2) is 5.88. The number of aliphatic hydroxyl groups excluding tert-OH is 1. The first-order valence-electron chi connectivity index (χ1n) is 5.69. The van der Waals surface area contributed by atoms with E-state index in [0.29, 0.717) is 17.1 Å². The molecule has 19 heavy (non-hydrogen) atoms. The van der Waals surface area contributed by atoms with Gasteiger partial charge < -0.3 is 20.8 Å². The summed E-state index contributed by atoms with van der Waals surface area (Å²) in [6, 6.07) is 14.0. The lowest BCUT2D eigenvalue weighted by Gasteiger charge is -2.10. The summed E-state index contributed by atoms with van der Waals surface area (Å²) < 4.78 is 5.69. The van der Waals surface area contributed by atoms with Crippen LogP contribution in [-0.2, 0) is 6.61 Å². The first-order valence-corrected chi connectivity index (χ1v) is 5.69. The summed E-state index contributed by atoms with van der Waals surface area (Å²) in [6.45, 7) is -0.0565. The van der Waals surface area contributed by atoms with Crippen LogP contribution in [0.4, 0.5) is 0 Å². The Labute approximate surface area is 110 Å². The number of oxime groups is 1. The number of rotatable bonds is 4. The molecular weight excluding hydrogens is 244 g/mol. The molecular formula is C14H14N2O3. The van der Waals surface area contributed by atoms with Crippen molar-refractivity contribution in [1.82, 2.24) is 0 Å². The van der Waals surface area contributed by atoms with Gasteiger partial charge in [-0.05, 0) is 29.8 Å². The standard InChI is InChI=1S/C14H14N2O3/c15-14(16-18)12-6-1-2-7-13(12)19-11-5-3-4-10(8-11)9-17/h1-8,17-18H,9H2,(H2,15,16). The molecule has 0 fully saturated rings. The Bertz CT molecular complexity index is 597. The van der Waals surface area contributed by atoms with Gasteiger partial charge in [0, 0.05) is 0 Å². The Kier molecular flexibility index (Phi) is 4.00. The average molecular weight is 258 g/mol. The number of amidine groups is 1. The van der Waals surface area contributed by atoms with Crippen LogP contribution in [0.25, 0.3) is 0 Å². The molecule has 0 aromatic heterocycles. The van der Waals surface area contributed by atoms with Crippen LogP contribution in [0.3, 0.4) is 0 Å². The van der Waals surface area contributed by atoms with Crippen molar-refractivity contribution in [3.8, 4) is 11.5 Å². The van der Waals surface area contributed by atoms with Crippen LogP contribution in [0, 0.1) is 0 Å². The fraction of sp³-hybridized carbons (Fsp3) is 0.0714. The van der Waals surface area contributed by atoms with E-state index in [2.05, 4.69) is 5.16 Å². The Balaban J connectivity index is 2.33. The number of hydrogen-bond acceptors (Lipinski definition) is 4. The SMILES string of the molecule is NC(=NO)c1ccccc1Oc1cccc(CO)c1. The molecule has 0 saturated carbocycles. The summed E-state index contributed by atoms with van der Waals surface area (Å²) in [5, 5.41) is 20.8. The topological polar surface area (TPSA) is 88.1 Å². The van der Waals surface area contributed by atoms with Crippen molar-refractivity contribution in [1.29, 1.82) is 0 Å². The fourth-order valence-corrected chi connectivity index (χ4v) is 1.66. The maximum atomic E-state index is 9.08. The van der Waals surface area contributed by atoms with Crippen LogP contribution in [0.2, 0.25) is 0 Å². The van der Waals surface area contributed by atoms with E-state index in [1.165, 1.54) is 0 Å². The predicted octanol–water partition coefficient (Wildman–Crippen LogP) is 2.07. The lowest BCUT2D eigenvalue weighted by molar-refractivity contribution is 0.281. The quantitative estimate of drug-likeness (QED) is 0.339. The van der Waals surface area contributed by atoms with Gasteiger partial charge >= 0.3 is 0 Å². The lowest BCUT2D eigenvalue weighted by Crippen LogP contribution is -2.14. The molecule has 0 atom stereocenters. The van der Waals surface area contributed by atoms with Crippen molar-refractivity contribution in [2.45, 2.75) is 6.61 Å². The zero-order chi connectivity index (χ0) is 13.7. The van der Waals surface area contributed by atoms with Gasteiger partial charge in [0.25, 0.3) is 0 Å². The molecule has 0 aliphatic rings. The minimum Gasteiger partial charge on any atom is -0.457 e. The number of nitrogens with zero attached hydrogens (tertiary/aromatic N) is 1. The molecule has 2 rings (SSSR count). The number of ether oxygens (including phenoxy) is 1. The molecule has 5 nitrogen and oxygen atoms in total. The Morgan fingerprint density at radius 3 is 2.68 bits per heavy atom. The molecule has 0 radical (unpaired) electrons. The number of nitrogens with two attached hydrogens (primary N) is 1. The van der Waals surface area contributed by atoms with E-state index in [4.69, 9.17) is 20.8 Å². The third-order valence-electron chi connectivity index (χ3n) is 2.58. The first-order chi connectivity index (χ1) is 9.24. The number of hydrogen-bond donors (Lipinski definition) is 3. The van der Waals surface area contributed by atoms with Gasteiger partial charge in [0.1, 0.15) is 11.5 Å². The molecule has 0 amide bonds. The van der Waals surface area contributed by atoms with E-state index in [1.807, 2.05) is 0 Å². The average Bonchev–Trinajstić information content (AvgIpc) is 2.47. The van der Waals surface area contributed by atoms with E-state index in [9.17, 15) is 0 Å². The summed E-state index contributed by atoms with van der Waals surface area (Å²) in [6.07, 6.45) is 0. The largest absolute Gasteiger partial charge is 0.457 e. The number of benzene rings is 2. The third-order valence-corrected chi connectivity index (χ3v) is 2.58. The second-order valence-electron chi connectivity index (χ2n) is 3.89. The van der Waals surface area contributed by atoms with Crippen molar-refractivity contribution in [2.24, 2.45) is 10.9 Å². The van der Waals surface area contributed by atoms with Gasteiger partial charge in [0.15, 0.2) is 5.84 Å². The molecule has 0 bridgehead atoms. The second-order valence-corrected chi connectivity index (χ2v) is 3.89. The van der Waals surface area contributed by atoms with Gasteiger partial charge in [-0.3, -0.25) is 0 Å². The molecule has 5 heteroatoms. The Hall–Kier alpha value is -2.53. The molecule has 0 unspecified atom stereocenters. The van der Waals surface area contributed by atoms with Crippen LogP contribution in [0.15, 0.2) is 53.7 Å². The van der Waals surface area contributed by atoms with Crippen LogP contribution < -0.4 is 10.5 Å². The summed E-state index contributed by atoms with van der Waals surface area (Å²) >= 11 is 0. The zero-order valence-electron chi connectivity index (χ0n) is 10.2. The molecule has 0 aliphatic heterocycles. The molecule has 0 aliphatic carbocycles. The summed E-state index contributed by atoms with van der Waals surface area (Å²) in [4.78, 5) is 0. The van der Waals surface area contributed by atoms with Crippen LogP contribution in [0.5, 0.6) is 11.5 Å². The summed E-state index contributed by atoms with van der Waals surface area (Å²) in [5.74, 6) is 1.03. The van der Waals surface area contributed by atoms with E-state index >= 15 is 0 Å². The lowest BCUT2D eigenvalue weighted by atomic mass is 10.2. The predicted molar refractivity (Wildman–Crippen MR) is 71.4 cm³/mol. The molecule has 98 valence electrons. The highest BCUT2D eigenvalue weighted by atomic mass is 16.5. The summed E-state index contributed by atoms with van der Waals surface area (Å²) in [5.41, 5.74) is 6.83. The fourth-order valence-electron chi connectivity index (χ4n) is 1.66. The van der Waals surface area contributed by atoms with Crippen molar-refractivity contribution >= 4 is 5.84 Å². The van der Waals surface area contributed by atoms with Gasteiger partial charge in [-0.1, -0.05) is 29.4 Å². The summed E-state index contributed by atoms with van der Waals surface area (Å²) in [7, 11) is 0. The maximum Gasteiger partial charge on any atom is 0.173 e. The molecule has 0 saturated heterocycles. The van der Waals surface area contributed by atoms with Crippen molar-refractivity contribution < 1.29 is 15.1 Å². The molecule has 2 aromatic carbocycles. The maximum absolute atomic E-state index is 9.08. The van der Waals surface area contributed by atoms with Gasteiger partial charge in [0.2, 0.25) is 0 Å². The molecule has 4 N–H and O–H groups in total. The van der Waals surface area contributed by atoms with Crippen LogP contribution in [0.1, 0.15) is 11.1 Å². The monoisotopic (exact) mass is 258 g/mol. The van der Waals surface area contributed by atoms with Gasteiger partial charge in [0.05, 0.1) is 12.2 Å². The Morgan fingerprint density at radius 2 is 1.95 bits per heavy atom. The molecule has 2 aromatic rings. The van der Waals surface area contributed by atoms with E-state index in [0.717, 1.165) is 5.56 Å². The third kappa shape index (κ3) is 3.02. The van der Waals surface area contributed by atoms with E-state index in [1.54, 1.807) is 48.5 Å². The highest BCUT2D eigenvalue weighted by Crippen LogP contribution is 2.25. The Morgan fingerprint density at radius 1 is 1.16 bits per heavy atom.